The van der Waals surface area contributed by atoms with Gasteiger partial charge in [0.1, 0.15) is 6.04 Å². The molecule has 1 fully saturated rings. The predicted molar refractivity (Wildman–Crippen MR) is 57.5 cm³/mol. The first-order chi connectivity index (χ1) is 7.99. The summed E-state index contributed by atoms with van der Waals surface area (Å²) in [4.78, 5) is 32.4. The molecule has 1 atom stereocenters. The van der Waals surface area contributed by atoms with Gasteiger partial charge < -0.3 is 20.8 Å². The monoisotopic (exact) mass is 244 g/mol. The van der Waals surface area contributed by atoms with Crippen molar-refractivity contribution in [3.05, 3.63) is 0 Å². The van der Waals surface area contributed by atoms with Gasteiger partial charge >= 0.3 is 11.9 Å². The minimum Gasteiger partial charge on any atom is -0.481 e. The lowest BCUT2D eigenvalue weighted by molar-refractivity contribution is -0.147. The number of carbonyl (C=O) groups excluding carboxylic acids is 1. The summed E-state index contributed by atoms with van der Waals surface area (Å²) < 4.78 is 0. The van der Waals surface area contributed by atoms with Gasteiger partial charge in [-0.1, -0.05) is 0 Å². The molecule has 0 bridgehead atoms. The number of rotatable bonds is 8. The highest BCUT2D eigenvalue weighted by molar-refractivity contribution is 5.86. The molecule has 0 aromatic heterocycles. The number of carboxylic acid groups (broad SMARTS) is 2. The highest BCUT2D eigenvalue weighted by Gasteiger charge is 2.23. The Bertz CT molecular complexity index is 314. The second-order valence-electron chi connectivity index (χ2n) is 4.03. The van der Waals surface area contributed by atoms with Gasteiger partial charge in [0.15, 0.2) is 0 Å². The van der Waals surface area contributed by atoms with Crippen molar-refractivity contribution < 1.29 is 24.6 Å². The smallest absolute Gasteiger partial charge is 0.326 e. The summed E-state index contributed by atoms with van der Waals surface area (Å²) in [5.41, 5.74) is 0. The van der Waals surface area contributed by atoms with E-state index < -0.39 is 30.3 Å². The second kappa shape index (κ2) is 6.19. The number of aliphatic carboxylic acids is 2. The normalized spacial score (nSPS) is 16.2. The maximum absolute atomic E-state index is 11.3. The lowest BCUT2D eigenvalue weighted by atomic mass is 10.2. The molecule has 1 amide bonds. The fourth-order valence-electron chi connectivity index (χ4n) is 1.32. The molecule has 0 radical (unpaired) electrons. The average molecular weight is 244 g/mol. The summed E-state index contributed by atoms with van der Waals surface area (Å²) in [6.45, 7) is 0.482. The molecule has 7 heteroatoms. The first-order valence-corrected chi connectivity index (χ1v) is 5.46. The van der Waals surface area contributed by atoms with Gasteiger partial charge in [-0.15, -0.1) is 0 Å². The molecule has 0 aromatic carbocycles. The van der Waals surface area contributed by atoms with Gasteiger partial charge in [-0.25, -0.2) is 4.79 Å². The zero-order valence-electron chi connectivity index (χ0n) is 9.31. The third-order valence-corrected chi connectivity index (χ3v) is 2.37. The van der Waals surface area contributed by atoms with E-state index in [9.17, 15) is 14.4 Å². The maximum atomic E-state index is 11.3. The van der Waals surface area contributed by atoms with Crippen molar-refractivity contribution in [3.63, 3.8) is 0 Å². The number of carboxylic acids is 2. The van der Waals surface area contributed by atoms with Crippen LogP contribution in [0.25, 0.3) is 0 Å². The third-order valence-electron chi connectivity index (χ3n) is 2.37. The third kappa shape index (κ3) is 5.86. The van der Waals surface area contributed by atoms with E-state index in [1.54, 1.807) is 0 Å². The Kier molecular flexibility index (Phi) is 4.89. The molecule has 0 aromatic rings. The standard InChI is InChI=1S/C10H16N2O5/c13-8(3-4-11-6-1-2-6)12-7(10(16)17)5-9(14)15/h6-7,11H,1-5H2,(H,12,13)(H,14,15)(H,16,17). The van der Waals surface area contributed by atoms with Gasteiger partial charge in [-0.3, -0.25) is 9.59 Å². The van der Waals surface area contributed by atoms with Crippen LogP contribution in [-0.2, 0) is 14.4 Å². The zero-order chi connectivity index (χ0) is 12.8. The molecule has 7 nitrogen and oxygen atoms in total. The number of hydrogen-bond acceptors (Lipinski definition) is 4. The van der Waals surface area contributed by atoms with E-state index in [2.05, 4.69) is 10.6 Å². The molecule has 1 aliphatic carbocycles. The van der Waals surface area contributed by atoms with Gasteiger partial charge in [0.2, 0.25) is 5.91 Å². The van der Waals surface area contributed by atoms with E-state index in [1.807, 2.05) is 0 Å². The Balaban J connectivity index is 2.24. The quantitative estimate of drug-likeness (QED) is 0.443. The van der Waals surface area contributed by atoms with Crippen molar-refractivity contribution in [3.8, 4) is 0 Å². The minimum absolute atomic E-state index is 0.153. The van der Waals surface area contributed by atoms with Crippen LogP contribution in [0.3, 0.4) is 0 Å². The molecule has 0 spiro atoms. The molecule has 4 N–H and O–H groups in total. The van der Waals surface area contributed by atoms with Crippen LogP contribution in [0.15, 0.2) is 0 Å². The van der Waals surface area contributed by atoms with E-state index in [1.165, 1.54) is 0 Å². The van der Waals surface area contributed by atoms with Gasteiger partial charge in [0, 0.05) is 19.0 Å². The summed E-state index contributed by atoms with van der Waals surface area (Å²) in [6, 6.07) is -0.877. The highest BCUT2D eigenvalue weighted by atomic mass is 16.4. The van der Waals surface area contributed by atoms with Gasteiger partial charge in [0.25, 0.3) is 0 Å². The Morgan fingerprint density at radius 2 is 1.88 bits per heavy atom. The molecule has 1 saturated carbocycles. The predicted octanol–water partition coefficient (Wildman–Crippen LogP) is -0.827. The maximum Gasteiger partial charge on any atom is 0.326 e. The van der Waals surface area contributed by atoms with Crippen LogP contribution < -0.4 is 10.6 Å². The fourth-order valence-corrected chi connectivity index (χ4v) is 1.32. The van der Waals surface area contributed by atoms with Crippen LogP contribution in [0.4, 0.5) is 0 Å². The molecule has 1 rings (SSSR count). The van der Waals surface area contributed by atoms with Gasteiger partial charge in [0.05, 0.1) is 6.42 Å². The molecule has 0 saturated heterocycles. The molecule has 1 unspecified atom stereocenters. The molecule has 17 heavy (non-hydrogen) atoms. The SMILES string of the molecule is O=C(O)CC(NC(=O)CCNC1CC1)C(=O)O. The Morgan fingerprint density at radius 1 is 1.24 bits per heavy atom. The molecule has 0 aliphatic heterocycles. The summed E-state index contributed by atoms with van der Waals surface area (Å²) in [7, 11) is 0. The number of amides is 1. The molecule has 1 aliphatic rings. The van der Waals surface area contributed by atoms with Crippen molar-refractivity contribution in [2.24, 2.45) is 0 Å². The van der Waals surface area contributed by atoms with E-state index in [4.69, 9.17) is 10.2 Å². The highest BCUT2D eigenvalue weighted by Crippen LogP contribution is 2.18. The van der Waals surface area contributed by atoms with Gasteiger partial charge in [-0.2, -0.15) is 0 Å². The van der Waals surface area contributed by atoms with Crippen LogP contribution in [-0.4, -0.2) is 46.7 Å². The van der Waals surface area contributed by atoms with Crippen LogP contribution in [0.5, 0.6) is 0 Å². The minimum atomic E-state index is -1.36. The topological polar surface area (TPSA) is 116 Å². The summed E-state index contributed by atoms with van der Waals surface area (Å²) in [5, 5.41) is 22.5. The molecule has 96 valence electrons. The lowest BCUT2D eigenvalue weighted by Crippen LogP contribution is -2.43. The summed E-state index contributed by atoms with van der Waals surface area (Å²) >= 11 is 0. The Labute approximate surface area is 98.2 Å². The van der Waals surface area contributed by atoms with E-state index in [-0.39, 0.29) is 6.42 Å². The van der Waals surface area contributed by atoms with Crippen molar-refractivity contribution in [2.45, 2.75) is 37.8 Å². The Hall–Kier alpha value is -1.63. The fraction of sp³-hybridized carbons (Fsp3) is 0.700. The van der Waals surface area contributed by atoms with Crippen LogP contribution in [0, 0.1) is 0 Å². The summed E-state index contributed by atoms with van der Waals surface area (Å²) in [5.74, 6) is -3.04. The zero-order valence-corrected chi connectivity index (χ0v) is 9.31. The van der Waals surface area contributed by atoms with E-state index in [0.29, 0.717) is 12.6 Å². The summed E-state index contributed by atoms with van der Waals surface area (Å²) in [6.07, 6.45) is 1.76. The number of hydrogen-bond donors (Lipinski definition) is 4. The molecular formula is C10H16N2O5. The average Bonchev–Trinajstić information content (AvgIpc) is 2.99. The van der Waals surface area contributed by atoms with Crippen LogP contribution in [0.2, 0.25) is 0 Å². The van der Waals surface area contributed by atoms with E-state index in [0.717, 1.165) is 12.8 Å². The molecule has 0 heterocycles. The Morgan fingerprint density at radius 3 is 2.35 bits per heavy atom. The first-order valence-electron chi connectivity index (χ1n) is 5.46. The van der Waals surface area contributed by atoms with Crippen LogP contribution >= 0.6 is 0 Å². The van der Waals surface area contributed by atoms with Gasteiger partial charge in [-0.05, 0) is 12.8 Å². The number of nitrogens with one attached hydrogen (secondary N) is 2. The first kappa shape index (κ1) is 13.4. The van der Waals surface area contributed by atoms with Crippen molar-refractivity contribution >= 4 is 17.8 Å². The lowest BCUT2D eigenvalue weighted by Gasteiger charge is -2.12. The second-order valence-corrected chi connectivity index (χ2v) is 4.03. The number of carbonyl (C=O) groups is 3. The molecular weight excluding hydrogens is 228 g/mol. The van der Waals surface area contributed by atoms with Crippen molar-refractivity contribution in [1.82, 2.24) is 10.6 Å². The van der Waals surface area contributed by atoms with E-state index >= 15 is 0 Å². The van der Waals surface area contributed by atoms with Crippen LogP contribution in [0.1, 0.15) is 25.7 Å². The largest absolute Gasteiger partial charge is 0.481 e. The van der Waals surface area contributed by atoms with Crippen molar-refractivity contribution in [1.29, 1.82) is 0 Å². The van der Waals surface area contributed by atoms with Crippen molar-refractivity contribution in [2.75, 3.05) is 6.54 Å².